The van der Waals surface area contributed by atoms with Crippen LogP contribution in [0.1, 0.15) is 27.4 Å². The van der Waals surface area contributed by atoms with E-state index in [1.807, 2.05) is 48.5 Å². The molecule has 0 aliphatic heterocycles. The van der Waals surface area contributed by atoms with Crippen LogP contribution in [-0.2, 0) is 4.74 Å². The molecule has 0 spiro atoms. The van der Waals surface area contributed by atoms with Crippen molar-refractivity contribution in [1.29, 1.82) is 0 Å². The molecule has 6 heteroatoms. The number of carbonyl (C=O) groups is 2. The first-order chi connectivity index (χ1) is 13.5. The van der Waals surface area contributed by atoms with E-state index in [4.69, 9.17) is 16.3 Å². The van der Waals surface area contributed by atoms with E-state index in [9.17, 15) is 14.7 Å². The third-order valence-corrected chi connectivity index (χ3v) is 5.02. The normalized spacial score (nSPS) is 12.2. The van der Waals surface area contributed by atoms with Crippen molar-refractivity contribution in [2.24, 2.45) is 0 Å². The Bertz CT molecular complexity index is 1030. The van der Waals surface area contributed by atoms with Gasteiger partial charge in [-0.25, -0.2) is 4.79 Å². The Balaban J connectivity index is 1.52. The predicted molar refractivity (Wildman–Crippen MR) is 104 cm³/mol. The lowest BCUT2D eigenvalue weighted by Crippen LogP contribution is -2.25. The van der Waals surface area contributed by atoms with Gasteiger partial charge in [-0.05, 0) is 40.5 Å². The van der Waals surface area contributed by atoms with Crippen molar-refractivity contribution in [3.8, 4) is 11.1 Å². The Hall–Kier alpha value is -3.31. The number of hydrogen-bond acceptors (Lipinski definition) is 4. The van der Waals surface area contributed by atoms with E-state index in [0.717, 1.165) is 22.3 Å². The summed E-state index contributed by atoms with van der Waals surface area (Å²) in [5, 5.41) is 13.9. The molecule has 0 saturated heterocycles. The Morgan fingerprint density at radius 2 is 1.57 bits per heavy atom. The zero-order chi connectivity index (χ0) is 19.7. The number of anilines is 1. The van der Waals surface area contributed by atoms with Crippen molar-refractivity contribution in [1.82, 2.24) is 0 Å². The largest absolute Gasteiger partial charge is 0.545 e. The lowest BCUT2D eigenvalue weighted by molar-refractivity contribution is -0.254. The molecule has 3 aromatic carbocycles. The number of aromatic carboxylic acids is 1. The lowest BCUT2D eigenvalue weighted by Gasteiger charge is -2.16. The van der Waals surface area contributed by atoms with Gasteiger partial charge in [0.1, 0.15) is 6.61 Å². The molecule has 0 radical (unpaired) electrons. The van der Waals surface area contributed by atoms with Gasteiger partial charge < -0.3 is 14.6 Å². The van der Waals surface area contributed by atoms with E-state index in [1.165, 1.54) is 18.2 Å². The first kappa shape index (κ1) is 18.1. The van der Waals surface area contributed by atoms with Gasteiger partial charge in [-0.15, -0.1) is 0 Å². The van der Waals surface area contributed by atoms with E-state index in [1.54, 1.807) is 0 Å². The average molecular weight is 393 g/mol. The van der Waals surface area contributed by atoms with Gasteiger partial charge in [0.25, 0.3) is 0 Å². The molecule has 0 bridgehead atoms. The maximum absolute atomic E-state index is 12.3. The van der Waals surface area contributed by atoms with Crippen LogP contribution in [0, 0.1) is 0 Å². The molecule has 0 heterocycles. The van der Waals surface area contributed by atoms with Crippen LogP contribution in [0.4, 0.5) is 10.5 Å². The number of carbonyl (C=O) groups excluding carboxylic acids is 2. The number of carboxylic acid groups (broad SMARTS) is 1. The Morgan fingerprint density at radius 1 is 0.964 bits per heavy atom. The summed E-state index contributed by atoms with van der Waals surface area (Å²) in [6.07, 6.45) is -0.758. The number of nitrogens with one attached hydrogen (secondary N) is 1. The van der Waals surface area contributed by atoms with Gasteiger partial charge in [-0.1, -0.05) is 60.1 Å². The molecule has 140 valence electrons. The van der Waals surface area contributed by atoms with Crippen LogP contribution >= 0.6 is 11.6 Å². The number of halogens is 1. The molecule has 4 rings (SSSR count). The molecule has 0 saturated carbocycles. The minimum atomic E-state index is -1.41. The summed E-state index contributed by atoms with van der Waals surface area (Å²) in [5.74, 6) is -1.50. The standard InChI is InChI=1S/C22H16ClNO4/c23-13-9-10-18(21(25)26)20(11-13)24-22(27)28-12-19-16-7-3-1-5-14(16)15-6-2-4-8-17(15)19/h1-11,19H,12H2,(H,24,27)(H,25,26)/p-1. The molecular weight excluding hydrogens is 378 g/mol. The highest BCUT2D eigenvalue weighted by Gasteiger charge is 2.29. The first-order valence-corrected chi connectivity index (χ1v) is 9.05. The van der Waals surface area contributed by atoms with Crippen LogP contribution < -0.4 is 10.4 Å². The van der Waals surface area contributed by atoms with E-state index in [2.05, 4.69) is 5.32 Å². The summed E-state index contributed by atoms with van der Waals surface area (Å²) in [6.45, 7) is 0.126. The van der Waals surface area contributed by atoms with Gasteiger partial charge in [0.05, 0.1) is 11.7 Å². The predicted octanol–water partition coefficient (Wildman–Crippen LogP) is 4.06. The molecule has 0 aromatic heterocycles. The fraction of sp³-hybridized carbons (Fsp3) is 0.0909. The highest BCUT2D eigenvalue weighted by molar-refractivity contribution is 6.31. The van der Waals surface area contributed by atoms with Gasteiger partial charge >= 0.3 is 6.09 Å². The number of carboxylic acids is 1. The van der Waals surface area contributed by atoms with Crippen LogP contribution in [-0.4, -0.2) is 18.7 Å². The molecule has 5 nitrogen and oxygen atoms in total. The molecule has 1 amide bonds. The van der Waals surface area contributed by atoms with Crippen LogP contribution in [0.3, 0.4) is 0 Å². The summed E-state index contributed by atoms with van der Waals surface area (Å²) in [6, 6.07) is 20.0. The van der Waals surface area contributed by atoms with Crippen molar-refractivity contribution in [3.63, 3.8) is 0 Å². The summed E-state index contributed by atoms with van der Waals surface area (Å²) in [7, 11) is 0. The number of ether oxygens (including phenoxy) is 1. The minimum Gasteiger partial charge on any atom is -0.545 e. The van der Waals surface area contributed by atoms with E-state index in [-0.39, 0.29) is 23.8 Å². The van der Waals surface area contributed by atoms with Crippen molar-refractivity contribution in [2.75, 3.05) is 11.9 Å². The number of fused-ring (bicyclic) bond motifs is 3. The zero-order valence-corrected chi connectivity index (χ0v) is 15.4. The monoisotopic (exact) mass is 392 g/mol. The summed E-state index contributed by atoms with van der Waals surface area (Å²) in [5.41, 5.74) is 4.30. The molecule has 0 unspecified atom stereocenters. The number of amides is 1. The van der Waals surface area contributed by atoms with Crippen molar-refractivity contribution in [3.05, 3.63) is 88.4 Å². The van der Waals surface area contributed by atoms with E-state index < -0.39 is 12.1 Å². The molecule has 0 fully saturated rings. The quantitative estimate of drug-likeness (QED) is 0.726. The molecule has 1 aliphatic carbocycles. The highest BCUT2D eigenvalue weighted by Crippen LogP contribution is 2.44. The second-order valence-electron chi connectivity index (χ2n) is 6.43. The maximum Gasteiger partial charge on any atom is 0.411 e. The third-order valence-electron chi connectivity index (χ3n) is 4.78. The van der Waals surface area contributed by atoms with Gasteiger partial charge in [-0.2, -0.15) is 0 Å². The molecular formula is C22H15ClNO4-. The van der Waals surface area contributed by atoms with Crippen LogP contribution in [0.2, 0.25) is 5.02 Å². The zero-order valence-electron chi connectivity index (χ0n) is 14.6. The Kier molecular flexibility index (Phi) is 4.75. The van der Waals surface area contributed by atoms with Crippen LogP contribution in [0.25, 0.3) is 11.1 Å². The van der Waals surface area contributed by atoms with Gasteiger partial charge in [0.2, 0.25) is 0 Å². The highest BCUT2D eigenvalue weighted by atomic mass is 35.5. The average Bonchev–Trinajstić information content (AvgIpc) is 3.00. The maximum atomic E-state index is 12.3. The fourth-order valence-corrected chi connectivity index (χ4v) is 3.71. The van der Waals surface area contributed by atoms with Gasteiger partial charge in [-0.3, -0.25) is 5.32 Å². The topological polar surface area (TPSA) is 78.5 Å². The Labute approximate surface area is 166 Å². The van der Waals surface area contributed by atoms with E-state index in [0.29, 0.717) is 5.02 Å². The summed E-state index contributed by atoms with van der Waals surface area (Å²) < 4.78 is 5.41. The molecule has 1 aliphatic rings. The smallest absolute Gasteiger partial charge is 0.411 e. The molecule has 0 atom stereocenters. The van der Waals surface area contributed by atoms with Crippen molar-refractivity contribution < 1.29 is 19.4 Å². The number of hydrogen-bond donors (Lipinski definition) is 1. The fourth-order valence-electron chi connectivity index (χ4n) is 3.54. The lowest BCUT2D eigenvalue weighted by atomic mass is 9.98. The second kappa shape index (κ2) is 7.37. The number of rotatable bonds is 4. The van der Waals surface area contributed by atoms with E-state index >= 15 is 0 Å². The van der Waals surface area contributed by atoms with Crippen molar-refractivity contribution in [2.45, 2.75) is 5.92 Å². The second-order valence-corrected chi connectivity index (χ2v) is 6.86. The SMILES string of the molecule is O=C(Nc1cc(Cl)ccc1C(=O)[O-])OCC1c2ccccc2-c2ccccc21. The minimum absolute atomic E-state index is 0.0322. The molecule has 3 aromatic rings. The van der Waals surface area contributed by atoms with Crippen molar-refractivity contribution >= 4 is 29.4 Å². The van der Waals surface area contributed by atoms with Gasteiger partial charge in [0.15, 0.2) is 0 Å². The third kappa shape index (κ3) is 3.32. The molecule has 28 heavy (non-hydrogen) atoms. The van der Waals surface area contributed by atoms with Crippen LogP contribution in [0.5, 0.6) is 0 Å². The Morgan fingerprint density at radius 3 is 2.18 bits per heavy atom. The summed E-state index contributed by atoms with van der Waals surface area (Å²) in [4.78, 5) is 23.5. The first-order valence-electron chi connectivity index (χ1n) is 8.67. The number of benzene rings is 3. The van der Waals surface area contributed by atoms with Gasteiger partial charge in [0, 0.05) is 16.5 Å². The molecule has 1 N–H and O–H groups in total. The van der Waals surface area contributed by atoms with Crippen LogP contribution in [0.15, 0.2) is 66.7 Å². The summed E-state index contributed by atoms with van der Waals surface area (Å²) >= 11 is 5.89.